The van der Waals surface area contributed by atoms with Gasteiger partial charge in [-0.3, -0.25) is 9.59 Å². The van der Waals surface area contributed by atoms with Crippen molar-refractivity contribution in [3.63, 3.8) is 0 Å². The van der Waals surface area contributed by atoms with Crippen LogP contribution in [0.2, 0.25) is 0 Å². The van der Waals surface area contributed by atoms with Gasteiger partial charge in [-0.05, 0) is 52.9 Å². The van der Waals surface area contributed by atoms with Crippen molar-refractivity contribution < 1.29 is 23.1 Å². The molecule has 0 fully saturated rings. The van der Waals surface area contributed by atoms with Gasteiger partial charge in [0.15, 0.2) is 6.61 Å². The molecule has 118 valence electrons. The Bertz CT molecular complexity index is 803. The highest BCUT2D eigenvalue weighted by Crippen LogP contribution is 2.29. The van der Waals surface area contributed by atoms with Crippen LogP contribution in [-0.4, -0.2) is 18.4 Å². The first-order valence-corrected chi connectivity index (χ1v) is 7.54. The summed E-state index contributed by atoms with van der Waals surface area (Å²) in [6, 6.07) is 6.53. The molecule has 0 bridgehead atoms. The second-order valence-corrected chi connectivity index (χ2v) is 5.83. The van der Waals surface area contributed by atoms with E-state index in [2.05, 4.69) is 10.6 Å². The smallest absolute Gasteiger partial charge is 0.262 e. The maximum absolute atomic E-state index is 13.5. The highest BCUT2D eigenvalue weighted by Gasteiger charge is 2.18. The molecule has 0 spiro atoms. The predicted octanol–water partition coefficient (Wildman–Crippen LogP) is 3.15. The second kappa shape index (κ2) is 6.11. The van der Waals surface area contributed by atoms with E-state index in [-0.39, 0.29) is 27.3 Å². The summed E-state index contributed by atoms with van der Waals surface area (Å²) in [5, 5.41) is 4.99. The minimum atomic E-state index is -0.757. The number of benzene rings is 2. The number of rotatable bonds is 2. The summed E-state index contributed by atoms with van der Waals surface area (Å²) in [4.78, 5) is 23.5. The van der Waals surface area contributed by atoms with Crippen LogP contribution in [0.15, 0.2) is 30.3 Å². The molecule has 2 N–H and O–H groups in total. The summed E-state index contributed by atoms with van der Waals surface area (Å²) in [5.74, 6) is -1.95. The molecule has 3 rings (SSSR count). The van der Waals surface area contributed by atoms with Gasteiger partial charge in [0.2, 0.25) is 0 Å². The van der Waals surface area contributed by atoms with Crippen molar-refractivity contribution in [3.05, 3.63) is 51.1 Å². The van der Waals surface area contributed by atoms with E-state index in [9.17, 15) is 18.4 Å². The zero-order valence-corrected chi connectivity index (χ0v) is 13.6. The predicted molar refractivity (Wildman–Crippen MR) is 87.6 cm³/mol. The van der Waals surface area contributed by atoms with Crippen LogP contribution in [0, 0.1) is 15.2 Å². The van der Waals surface area contributed by atoms with Gasteiger partial charge in [-0.25, -0.2) is 8.78 Å². The molecule has 1 aliphatic rings. The molecule has 2 aromatic rings. The SMILES string of the molecule is O=C1COc2ccc(C(=O)Nc3cc(F)c(I)c(F)c3)cc2N1. The zero-order valence-electron chi connectivity index (χ0n) is 11.5. The molecule has 1 aliphatic heterocycles. The fourth-order valence-electron chi connectivity index (χ4n) is 2.06. The number of carbonyl (C=O) groups excluding carboxylic acids is 2. The molecule has 0 saturated heterocycles. The molecule has 8 heteroatoms. The van der Waals surface area contributed by atoms with E-state index in [0.29, 0.717) is 11.4 Å². The number of nitrogens with one attached hydrogen (secondary N) is 2. The molecule has 5 nitrogen and oxygen atoms in total. The minimum absolute atomic E-state index is 0.00317. The number of anilines is 2. The molecule has 0 atom stereocenters. The van der Waals surface area contributed by atoms with Crippen LogP contribution in [0.3, 0.4) is 0 Å². The standard InChI is InChI=1S/C15H9F2IN2O3/c16-9-4-8(5-10(17)14(9)18)19-15(22)7-1-2-12-11(3-7)20-13(21)6-23-12/h1-5H,6H2,(H,19,22)(H,20,21). The average Bonchev–Trinajstić information content (AvgIpc) is 2.51. The van der Waals surface area contributed by atoms with Gasteiger partial charge < -0.3 is 15.4 Å². The summed E-state index contributed by atoms with van der Waals surface area (Å²) in [7, 11) is 0. The lowest BCUT2D eigenvalue weighted by Gasteiger charge is -2.18. The molecule has 2 aromatic carbocycles. The minimum Gasteiger partial charge on any atom is -0.482 e. The van der Waals surface area contributed by atoms with E-state index in [1.54, 1.807) is 6.07 Å². The summed E-state index contributed by atoms with van der Waals surface area (Å²) < 4.78 is 32.0. The van der Waals surface area contributed by atoms with Crippen LogP contribution in [0.5, 0.6) is 5.75 Å². The van der Waals surface area contributed by atoms with Gasteiger partial charge in [0.1, 0.15) is 17.4 Å². The number of fused-ring (bicyclic) bond motifs is 1. The van der Waals surface area contributed by atoms with Crippen molar-refractivity contribution in [3.8, 4) is 5.75 Å². The van der Waals surface area contributed by atoms with Gasteiger partial charge in [0.05, 0.1) is 9.26 Å². The van der Waals surface area contributed by atoms with Gasteiger partial charge in [-0.1, -0.05) is 0 Å². The van der Waals surface area contributed by atoms with Crippen molar-refractivity contribution in [1.29, 1.82) is 0 Å². The van der Waals surface area contributed by atoms with E-state index in [4.69, 9.17) is 4.74 Å². The molecule has 0 radical (unpaired) electrons. The number of halogens is 3. The Kier molecular flexibility index (Phi) is 4.16. The maximum atomic E-state index is 13.5. The summed E-state index contributed by atoms with van der Waals surface area (Å²) in [5.41, 5.74) is 0.589. The number of carbonyl (C=O) groups is 2. The quantitative estimate of drug-likeness (QED) is 0.569. The summed E-state index contributed by atoms with van der Waals surface area (Å²) in [6.07, 6.45) is 0. The maximum Gasteiger partial charge on any atom is 0.262 e. The van der Waals surface area contributed by atoms with Crippen LogP contribution >= 0.6 is 22.6 Å². The van der Waals surface area contributed by atoms with E-state index in [1.165, 1.54) is 34.7 Å². The van der Waals surface area contributed by atoms with Crippen LogP contribution < -0.4 is 15.4 Å². The molecule has 0 aromatic heterocycles. The van der Waals surface area contributed by atoms with E-state index < -0.39 is 17.5 Å². The monoisotopic (exact) mass is 430 g/mol. The highest BCUT2D eigenvalue weighted by atomic mass is 127. The Morgan fingerprint density at radius 1 is 1.22 bits per heavy atom. The summed E-state index contributed by atoms with van der Waals surface area (Å²) >= 11 is 1.54. The van der Waals surface area contributed by atoms with Crippen molar-refractivity contribution in [1.82, 2.24) is 0 Å². The molecule has 23 heavy (non-hydrogen) atoms. The zero-order chi connectivity index (χ0) is 16.6. The van der Waals surface area contributed by atoms with Gasteiger partial charge >= 0.3 is 0 Å². The molecule has 1 heterocycles. The largest absolute Gasteiger partial charge is 0.482 e. The first-order valence-electron chi connectivity index (χ1n) is 6.46. The average molecular weight is 430 g/mol. The van der Waals surface area contributed by atoms with Crippen LogP contribution in [0.1, 0.15) is 10.4 Å². The lowest BCUT2D eigenvalue weighted by atomic mass is 10.1. The Balaban J connectivity index is 1.84. The van der Waals surface area contributed by atoms with E-state index in [1.807, 2.05) is 0 Å². The lowest BCUT2D eigenvalue weighted by molar-refractivity contribution is -0.118. The second-order valence-electron chi connectivity index (χ2n) is 4.76. The van der Waals surface area contributed by atoms with Gasteiger partial charge in [0, 0.05) is 11.3 Å². The highest BCUT2D eigenvalue weighted by molar-refractivity contribution is 14.1. The van der Waals surface area contributed by atoms with Crippen molar-refractivity contribution in [2.75, 3.05) is 17.2 Å². The van der Waals surface area contributed by atoms with Gasteiger partial charge in [-0.15, -0.1) is 0 Å². The molecule has 2 amide bonds. The summed E-state index contributed by atoms with van der Waals surface area (Å²) in [6.45, 7) is -0.0836. The van der Waals surface area contributed by atoms with Crippen molar-refractivity contribution in [2.24, 2.45) is 0 Å². The third-order valence-corrected chi connectivity index (χ3v) is 4.15. The fraction of sp³-hybridized carbons (Fsp3) is 0.0667. The van der Waals surface area contributed by atoms with E-state index >= 15 is 0 Å². The Hall–Kier alpha value is -2.23. The Labute approximate surface area is 143 Å². The van der Waals surface area contributed by atoms with Gasteiger partial charge in [-0.2, -0.15) is 0 Å². The lowest BCUT2D eigenvalue weighted by Crippen LogP contribution is -2.25. The van der Waals surface area contributed by atoms with Crippen LogP contribution in [-0.2, 0) is 4.79 Å². The number of ether oxygens (including phenoxy) is 1. The van der Waals surface area contributed by atoms with Gasteiger partial charge in [0.25, 0.3) is 11.8 Å². The molecule has 0 unspecified atom stereocenters. The topological polar surface area (TPSA) is 67.4 Å². The number of hydrogen-bond acceptors (Lipinski definition) is 3. The van der Waals surface area contributed by atoms with Crippen LogP contribution in [0.4, 0.5) is 20.2 Å². The fourth-order valence-corrected chi connectivity index (χ4v) is 2.37. The van der Waals surface area contributed by atoms with E-state index in [0.717, 1.165) is 12.1 Å². The Morgan fingerprint density at radius 3 is 2.61 bits per heavy atom. The number of amides is 2. The third-order valence-electron chi connectivity index (χ3n) is 3.12. The molecule has 0 saturated carbocycles. The first kappa shape index (κ1) is 15.7. The number of hydrogen-bond donors (Lipinski definition) is 2. The molecule has 0 aliphatic carbocycles. The van der Waals surface area contributed by atoms with Crippen molar-refractivity contribution >= 4 is 45.8 Å². The normalized spacial score (nSPS) is 12.9. The third kappa shape index (κ3) is 3.26. The van der Waals surface area contributed by atoms with Crippen molar-refractivity contribution in [2.45, 2.75) is 0 Å². The molecular formula is C15H9F2IN2O3. The first-order chi connectivity index (χ1) is 10.9. The van der Waals surface area contributed by atoms with Crippen LogP contribution in [0.25, 0.3) is 0 Å². The molecular weight excluding hydrogens is 421 g/mol. The Morgan fingerprint density at radius 2 is 1.91 bits per heavy atom.